The maximum Gasteiger partial charge on any atom is 0.322 e. The van der Waals surface area contributed by atoms with Crippen LogP contribution in [0.3, 0.4) is 0 Å². The summed E-state index contributed by atoms with van der Waals surface area (Å²) in [7, 11) is 0. The summed E-state index contributed by atoms with van der Waals surface area (Å²) >= 11 is 1.67. The van der Waals surface area contributed by atoms with Crippen LogP contribution >= 0.6 is 11.8 Å². The number of hydrogen-bond donors (Lipinski definition) is 1. The van der Waals surface area contributed by atoms with Gasteiger partial charge in [0.25, 0.3) is 0 Å². The molecule has 0 spiro atoms. The fraction of sp³-hybridized carbons (Fsp3) is 0.286. The maximum absolute atomic E-state index is 12.2. The van der Waals surface area contributed by atoms with Crippen LogP contribution in [0, 0.1) is 0 Å². The Morgan fingerprint density at radius 2 is 1.85 bits per heavy atom. The Morgan fingerprint density at radius 1 is 1.07 bits per heavy atom. The minimum absolute atomic E-state index is 0.133. The van der Waals surface area contributed by atoms with Crippen LogP contribution in [0.15, 0.2) is 51.8 Å². The first-order valence-electron chi connectivity index (χ1n) is 9.10. The Labute approximate surface area is 162 Å². The van der Waals surface area contributed by atoms with Gasteiger partial charge < -0.3 is 4.42 Å². The van der Waals surface area contributed by atoms with E-state index in [1.54, 1.807) is 11.8 Å². The molecule has 27 heavy (non-hydrogen) atoms. The van der Waals surface area contributed by atoms with Gasteiger partial charge in [0, 0.05) is 10.5 Å². The molecule has 0 saturated carbocycles. The lowest BCUT2D eigenvalue weighted by Gasteiger charge is -2.15. The van der Waals surface area contributed by atoms with Gasteiger partial charge in [-0.1, -0.05) is 23.3 Å². The monoisotopic (exact) mass is 379 g/mol. The third-order valence-corrected chi connectivity index (χ3v) is 5.53. The number of carbonyl (C=O) groups is 1. The first kappa shape index (κ1) is 17.8. The number of amides is 1. The lowest BCUT2D eigenvalue weighted by atomic mass is 9.90. The Morgan fingerprint density at radius 3 is 2.63 bits per heavy atom. The van der Waals surface area contributed by atoms with Crippen molar-refractivity contribution < 1.29 is 9.21 Å². The van der Waals surface area contributed by atoms with Crippen LogP contribution in [0.25, 0.3) is 11.5 Å². The molecule has 1 amide bonds. The first-order chi connectivity index (χ1) is 13.2. The number of benzene rings is 2. The number of thioether (sulfide) groups is 1. The van der Waals surface area contributed by atoms with Crippen LogP contribution in [-0.4, -0.2) is 22.4 Å². The molecule has 0 aliphatic heterocycles. The molecule has 138 valence electrons. The number of rotatable bonds is 5. The quantitative estimate of drug-likeness (QED) is 0.660. The minimum Gasteiger partial charge on any atom is -0.403 e. The third kappa shape index (κ3) is 4.22. The molecule has 5 nitrogen and oxygen atoms in total. The van der Waals surface area contributed by atoms with E-state index >= 15 is 0 Å². The number of anilines is 1. The Balaban J connectivity index is 1.42. The third-order valence-electron chi connectivity index (χ3n) is 4.79. The van der Waals surface area contributed by atoms with E-state index in [1.807, 2.05) is 36.6 Å². The molecule has 0 unspecified atom stereocenters. The van der Waals surface area contributed by atoms with Crippen molar-refractivity contribution in [3.8, 4) is 11.5 Å². The van der Waals surface area contributed by atoms with E-state index in [0.29, 0.717) is 5.89 Å². The first-order valence-corrected chi connectivity index (χ1v) is 10.3. The number of fused-ring (bicyclic) bond motifs is 1. The fourth-order valence-corrected chi connectivity index (χ4v) is 3.76. The normalized spacial score (nSPS) is 13.2. The number of carbonyl (C=O) groups excluding carboxylic acids is 1. The van der Waals surface area contributed by atoms with E-state index in [4.69, 9.17) is 4.42 Å². The summed E-state index contributed by atoms with van der Waals surface area (Å²) in [5.41, 5.74) is 4.61. The topological polar surface area (TPSA) is 68.0 Å². The van der Waals surface area contributed by atoms with E-state index in [9.17, 15) is 4.79 Å². The second kappa shape index (κ2) is 7.96. The zero-order valence-corrected chi connectivity index (χ0v) is 16.0. The van der Waals surface area contributed by atoms with Gasteiger partial charge in [-0.3, -0.25) is 10.1 Å². The van der Waals surface area contributed by atoms with E-state index in [1.165, 1.54) is 28.9 Å². The van der Waals surface area contributed by atoms with Gasteiger partial charge in [0.2, 0.25) is 11.8 Å². The van der Waals surface area contributed by atoms with Crippen molar-refractivity contribution in [1.29, 1.82) is 0 Å². The van der Waals surface area contributed by atoms with E-state index in [-0.39, 0.29) is 18.3 Å². The van der Waals surface area contributed by atoms with Gasteiger partial charge in [-0.2, -0.15) is 0 Å². The summed E-state index contributed by atoms with van der Waals surface area (Å²) in [5, 5.41) is 10.7. The summed E-state index contributed by atoms with van der Waals surface area (Å²) in [4.78, 5) is 13.4. The predicted molar refractivity (Wildman–Crippen MR) is 107 cm³/mol. The van der Waals surface area contributed by atoms with Gasteiger partial charge in [0.15, 0.2) is 0 Å². The standard InChI is InChI=1S/C21H21N3O2S/c1-27-18-10-6-14(7-11-18)12-19(25)22-21-24-23-20(26-21)17-9-8-15-4-2-3-5-16(15)13-17/h6-11,13H,2-5,12H2,1H3,(H,22,24,25). The molecule has 4 rings (SSSR count). The highest BCUT2D eigenvalue weighted by atomic mass is 32.2. The largest absolute Gasteiger partial charge is 0.403 e. The van der Waals surface area contributed by atoms with Crippen molar-refractivity contribution in [3.63, 3.8) is 0 Å². The Kier molecular flexibility index (Phi) is 5.25. The van der Waals surface area contributed by atoms with E-state index in [0.717, 1.165) is 24.0 Å². The molecule has 2 aromatic carbocycles. The van der Waals surface area contributed by atoms with Crippen molar-refractivity contribution in [2.24, 2.45) is 0 Å². The zero-order chi connectivity index (χ0) is 18.6. The summed E-state index contributed by atoms with van der Waals surface area (Å²) in [5.74, 6) is 0.260. The highest BCUT2D eigenvalue weighted by Crippen LogP contribution is 2.27. The average Bonchev–Trinajstić information content (AvgIpc) is 3.16. The van der Waals surface area contributed by atoms with Crippen LogP contribution in [-0.2, 0) is 24.1 Å². The molecular formula is C21H21N3O2S. The van der Waals surface area contributed by atoms with Crippen molar-refractivity contribution in [1.82, 2.24) is 10.2 Å². The fourth-order valence-electron chi connectivity index (χ4n) is 3.35. The number of aryl methyl sites for hydroxylation is 2. The summed E-state index contributed by atoms with van der Waals surface area (Å²) in [6, 6.07) is 14.3. The SMILES string of the molecule is CSc1ccc(CC(=O)Nc2nnc(-c3ccc4c(c3)CCCC4)o2)cc1. The van der Waals surface area contributed by atoms with Crippen LogP contribution < -0.4 is 5.32 Å². The van der Waals surface area contributed by atoms with Crippen LogP contribution in [0.5, 0.6) is 0 Å². The highest BCUT2D eigenvalue weighted by molar-refractivity contribution is 7.98. The average molecular weight is 379 g/mol. The highest BCUT2D eigenvalue weighted by Gasteiger charge is 2.15. The molecule has 1 N–H and O–H groups in total. The van der Waals surface area contributed by atoms with Crippen LogP contribution in [0.1, 0.15) is 29.5 Å². The summed E-state index contributed by atoms with van der Waals surface area (Å²) in [6.07, 6.45) is 7.00. The van der Waals surface area contributed by atoms with Crippen molar-refractivity contribution in [2.75, 3.05) is 11.6 Å². The number of aromatic nitrogens is 2. The lowest BCUT2D eigenvalue weighted by Crippen LogP contribution is -2.14. The van der Waals surface area contributed by atoms with Gasteiger partial charge in [-0.05, 0) is 72.9 Å². The smallest absolute Gasteiger partial charge is 0.322 e. The molecule has 6 heteroatoms. The predicted octanol–water partition coefficient (Wildman–Crippen LogP) is 4.52. The number of nitrogens with one attached hydrogen (secondary N) is 1. The van der Waals surface area contributed by atoms with Gasteiger partial charge in [0.1, 0.15) is 0 Å². The van der Waals surface area contributed by atoms with E-state index in [2.05, 4.69) is 27.6 Å². The molecule has 0 fully saturated rings. The van der Waals surface area contributed by atoms with Crippen molar-refractivity contribution in [2.45, 2.75) is 37.0 Å². The van der Waals surface area contributed by atoms with Crippen LogP contribution in [0.4, 0.5) is 6.01 Å². The Bertz CT molecular complexity index is 950. The molecule has 0 atom stereocenters. The summed E-state index contributed by atoms with van der Waals surface area (Å²) in [6.45, 7) is 0. The molecule has 1 aliphatic rings. The van der Waals surface area contributed by atoms with E-state index < -0.39 is 0 Å². The minimum atomic E-state index is -0.174. The number of nitrogens with zero attached hydrogens (tertiary/aromatic N) is 2. The van der Waals surface area contributed by atoms with Crippen molar-refractivity contribution >= 4 is 23.7 Å². The molecule has 0 radical (unpaired) electrons. The van der Waals surface area contributed by atoms with Gasteiger partial charge in [-0.25, -0.2) is 0 Å². The molecule has 3 aromatic rings. The van der Waals surface area contributed by atoms with Crippen molar-refractivity contribution in [3.05, 3.63) is 59.2 Å². The Hall–Kier alpha value is -2.60. The molecule has 0 saturated heterocycles. The maximum atomic E-state index is 12.2. The van der Waals surface area contributed by atoms with Gasteiger partial charge >= 0.3 is 6.01 Å². The second-order valence-electron chi connectivity index (χ2n) is 6.68. The molecule has 1 aromatic heterocycles. The molecule has 0 bridgehead atoms. The second-order valence-corrected chi connectivity index (χ2v) is 7.56. The van der Waals surface area contributed by atoms with Gasteiger partial charge in [0.05, 0.1) is 6.42 Å². The number of hydrogen-bond acceptors (Lipinski definition) is 5. The van der Waals surface area contributed by atoms with Gasteiger partial charge in [-0.15, -0.1) is 16.9 Å². The van der Waals surface area contributed by atoms with Crippen LogP contribution in [0.2, 0.25) is 0 Å². The lowest BCUT2D eigenvalue weighted by molar-refractivity contribution is -0.115. The summed E-state index contributed by atoms with van der Waals surface area (Å²) < 4.78 is 5.65. The molecule has 1 heterocycles. The molecular weight excluding hydrogens is 358 g/mol. The molecule has 1 aliphatic carbocycles. The zero-order valence-electron chi connectivity index (χ0n) is 15.2.